The lowest BCUT2D eigenvalue weighted by molar-refractivity contribution is 0.0697. The van der Waals surface area contributed by atoms with Gasteiger partial charge in [-0.1, -0.05) is 30.3 Å². The molecule has 2 aromatic rings. The SMILES string of the molecule is C=CC(c1ccc(CN)cc1)S(=O)(=O)n1ccc(C(=O)O)c1. The first-order valence-electron chi connectivity index (χ1n) is 6.47. The maximum atomic E-state index is 12.6. The van der Waals surface area contributed by atoms with E-state index in [0.29, 0.717) is 12.1 Å². The van der Waals surface area contributed by atoms with Crippen LogP contribution in [0.25, 0.3) is 0 Å². The molecule has 116 valence electrons. The van der Waals surface area contributed by atoms with Gasteiger partial charge in [0.05, 0.1) is 5.56 Å². The summed E-state index contributed by atoms with van der Waals surface area (Å²) in [4.78, 5) is 10.9. The zero-order chi connectivity index (χ0) is 16.3. The molecule has 6 nitrogen and oxygen atoms in total. The fourth-order valence-corrected chi connectivity index (χ4v) is 3.56. The van der Waals surface area contributed by atoms with Crippen molar-refractivity contribution >= 4 is 16.0 Å². The molecule has 1 aromatic carbocycles. The molecule has 1 atom stereocenters. The molecule has 1 aromatic heterocycles. The van der Waals surface area contributed by atoms with Gasteiger partial charge < -0.3 is 10.8 Å². The van der Waals surface area contributed by atoms with E-state index in [1.54, 1.807) is 24.3 Å². The molecule has 0 fully saturated rings. The summed E-state index contributed by atoms with van der Waals surface area (Å²) in [6.45, 7) is 3.95. The Morgan fingerprint density at radius 3 is 2.41 bits per heavy atom. The predicted octanol–water partition coefficient (Wildman–Crippen LogP) is 1.75. The number of aromatic carboxylic acids is 1. The Morgan fingerprint density at radius 2 is 1.95 bits per heavy atom. The molecule has 0 amide bonds. The quantitative estimate of drug-likeness (QED) is 0.789. The summed E-state index contributed by atoms with van der Waals surface area (Å²) in [6.07, 6.45) is 3.60. The van der Waals surface area contributed by atoms with E-state index in [2.05, 4.69) is 6.58 Å². The second-order valence-electron chi connectivity index (χ2n) is 4.68. The molecule has 0 aliphatic heterocycles. The summed E-state index contributed by atoms with van der Waals surface area (Å²) < 4.78 is 26.2. The average molecular weight is 320 g/mol. The van der Waals surface area contributed by atoms with Crippen LogP contribution in [-0.4, -0.2) is 23.5 Å². The van der Waals surface area contributed by atoms with Crippen LogP contribution in [0.15, 0.2) is 55.4 Å². The maximum Gasteiger partial charge on any atom is 0.337 e. The van der Waals surface area contributed by atoms with Gasteiger partial charge in [-0.15, -0.1) is 6.58 Å². The maximum absolute atomic E-state index is 12.6. The Balaban J connectivity index is 2.42. The van der Waals surface area contributed by atoms with E-state index in [-0.39, 0.29) is 5.56 Å². The largest absolute Gasteiger partial charge is 0.478 e. The molecule has 1 unspecified atom stereocenters. The minimum absolute atomic E-state index is 0.0927. The van der Waals surface area contributed by atoms with Gasteiger partial charge in [-0.2, -0.15) is 0 Å². The van der Waals surface area contributed by atoms with Gasteiger partial charge in [0.1, 0.15) is 5.25 Å². The van der Waals surface area contributed by atoms with Crippen LogP contribution in [0, 0.1) is 0 Å². The van der Waals surface area contributed by atoms with E-state index >= 15 is 0 Å². The third-order valence-corrected chi connectivity index (χ3v) is 5.21. The van der Waals surface area contributed by atoms with E-state index < -0.39 is 21.2 Å². The van der Waals surface area contributed by atoms with Crippen LogP contribution in [0.5, 0.6) is 0 Å². The van der Waals surface area contributed by atoms with Gasteiger partial charge in [0.25, 0.3) is 0 Å². The van der Waals surface area contributed by atoms with Crippen molar-refractivity contribution in [1.82, 2.24) is 3.97 Å². The van der Waals surface area contributed by atoms with Gasteiger partial charge in [-0.3, -0.25) is 3.97 Å². The third-order valence-electron chi connectivity index (χ3n) is 3.29. The Hall–Kier alpha value is -2.38. The third kappa shape index (κ3) is 2.95. The van der Waals surface area contributed by atoms with Gasteiger partial charge in [0, 0.05) is 18.9 Å². The van der Waals surface area contributed by atoms with Crippen molar-refractivity contribution < 1.29 is 18.3 Å². The Kier molecular flexibility index (Phi) is 4.48. The van der Waals surface area contributed by atoms with Crippen molar-refractivity contribution in [1.29, 1.82) is 0 Å². The summed E-state index contributed by atoms with van der Waals surface area (Å²) >= 11 is 0. The molecule has 1 heterocycles. The monoisotopic (exact) mass is 320 g/mol. The van der Waals surface area contributed by atoms with Crippen molar-refractivity contribution in [2.24, 2.45) is 5.73 Å². The summed E-state index contributed by atoms with van der Waals surface area (Å²) in [6, 6.07) is 8.08. The van der Waals surface area contributed by atoms with E-state index in [1.807, 2.05) is 0 Å². The highest BCUT2D eigenvalue weighted by molar-refractivity contribution is 7.90. The molecule has 3 N–H and O–H groups in total. The van der Waals surface area contributed by atoms with Crippen molar-refractivity contribution in [2.75, 3.05) is 0 Å². The number of aromatic nitrogens is 1. The summed E-state index contributed by atoms with van der Waals surface area (Å²) in [7, 11) is -3.83. The number of nitrogens with zero attached hydrogens (tertiary/aromatic N) is 1. The van der Waals surface area contributed by atoms with Gasteiger partial charge in [-0.05, 0) is 17.2 Å². The smallest absolute Gasteiger partial charge is 0.337 e. The van der Waals surface area contributed by atoms with Crippen molar-refractivity contribution in [2.45, 2.75) is 11.8 Å². The zero-order valence-corrected chi connectivity index (χ0v) is 12.5. The number of rotatable bonds is 6. The average Bonchev–Trinajstić information content (AvgIpc) is 2.99. The lowest BCUT2D eigenvalue weighted by atomic mass is 10.1. The summed E-state index contributed by atoms with van der Waals surface area (Å²) in [5, 5.41) is 7.92. The van der Waals surface area contributed by atoms with Gasteiger partial charge in [0.15, 0.2) is 0 Å². The van der Waals surface area contributed by atoms with Gasteiger partial charge in [0.2, 0.25) is 10.0 Å². The van der Waals surface area contributed by atoms with Crippen LogP contribution < -0.4 is 5.73 Å². The first-order chi connectivity index (χ1) is 10.4. The number of carboxylic acids is 1. The number of carboxylic acid groups (broad SMARTS) is 1. The second kappa shape index (κ2) is 6.17. The van der Waals surface area contributed by atoms with Crippen LogP contribution in [0.2, 0.25) is 0 Å². The van der Waals surface area contributed by atoms with Crippen molar-refractivity contribution in [3.05, 3.63) is 72.1 Å². The zero-order valence-electron chi connectivity index (χ0n) is 11.7. The van der Waals surface area contributed by atoms with Crippen LogP contribution >= 0.6 is 0 Å². The van der Waals surface area contributed by atoms with Crippen LogP contribution in [0.1, 0.15) is 26.7 Å². The normalized spacial score (nSPS) is 12.8. The van der Waals surface area contributed by atoms with E-state index in [0.717, 1.165) is 15.7 Å². The highest BCUT2D eigenvalue weighted by Gasteiger charge is 2.26. The standard InChI is InChI=1S/C15H16N2O4S/c1-2-14(12-5-3-11(9-16)4-6-12)22(20,21)17-8-7-13(10-17)15(18)19/h2-8,10,14H,1,9,16H2,(H,18,19). The van der Waals surface area contributed by atoms with Gasteiger partial charge >= 0.3 is 5.97 Å². The first kappa shape index (κ1) is 16.0. The number of benzene rings is 1. The minimum atomic E-state index is -3.83. The number of hydrogen-bond donors (Lipinski definition) is 2. The Morgan fingerprint density at radius 1 is 1.32 bits per heavy atom. The topological polar surface area (TPSA) is 102 Å². The fourth-order valence-electron chi connectivity index (χ4n) is 2.07. The molecule has 0 radical (unpaired) electrons. The molecule has 7 heteroatoms. The number of nitrogens with two attached hydrogens (primary N) is 1. The molecule has 22 heavy (non-hydrogen) atoms. The molecule has 0 spiro atoms. The minimum Gasteiger partial charge on any atom is -0.478 e. The number of carbonyl (C=O) groups is 1. The second-order valence-corrected chi connectivity index (χ2v) is 6.64. The lowest BCUT2D eigenvalue weighted by Crippen LogP contribution is -2.18. The van der Waals surface area contributed by atoms with Crippen LogP contribution in [0.3, 0.4) is 0 Å². The first-order valence-corrected chi connectivity index (χ1v) is 7.97. The molecule has 0 saturated heterocycles. The molecule has 0 saturated carbocycles. The summed E-state index contributed by atoms with van der Waals surface area (Å²) in [5.41, 5.74) is 6.85. The Labute approximate surface area is 128 Å². The summed E-state index contributed by atoms with van der Waals surface area (Å²) in [5.74, 6) is -1.18. The fraction of sp³-hybridized carbons (Fsp3) is 0.133. The molecular formula is C15H16N2O4S. The van der Waals surface area contributed by atoms with Crippen LogP contribution in [-0.2, 0) is 16.6 Å². The van der Waals surface area contributed by atoms with E-state index in [4.69, 9.17) is 10.8 Å². The van der Waals surface area contributed by atoms with Crippen molar-refractivity contribution in [3.63, 3.8) is 0 Å². The highest BCUT2D eigenvalue weighted by atomic mass is 32.2. The number of hydrogen-bond acceptors (Lipinski definition) is 4. The lowest BCUT2D eigenvalue weighted by Gasteiger charge is -2.15. The van der Waals surface area contributed by atoms with Crippen LogP contribution in [0.4, 0.5) is 0 Å². The van der Waals surface area contributed by atoms with Gasteiger partial charge in [-0.25, -0.2) is 13.2 Å². The molecular weight excluding hydrogens is 304 g/mol. The Bertz CT molecular complexity index is 791. The molecule has 0 bridgehead atoms. The molecule has 2 rings (SSSR count). The molecule has 0 aliphatic carbocycles. The van der Waals surface area contributed by atoms with E-state index in [1.165, 1.54) is 18.3 Å². The van der Waals surface area contributed by atoms with E-state index in [9.17, 15) is 13.2 Å². The predicted molar refractivity (Wildman–Crippen MR) is 83.0 cm³/mol. The highest BCUT2D eigenvalue weighted by Crippen LogP contribution is 2.26. The van der Waals surface area contributed by atoms with Crippen molar-refractivity contribution in [3.8, 4) is 0 Å². The molecule has 0 aliphatic rings.